The summed E-state index contributed by atoms with van der Waals surface area (Å²) in [5.74, 6) is 3.22. The van der Waals surface area contributed by atoms with Gasteiger partial charge in [-0.25, -0.2) is 0 Å². The van der Waals surface area contributed by atoms with Gasteiger partial charge in [-0.1, -0.05) is 52.8 Å². The molecule has 0 aliphatic carbocycles. The van der Waals surface area contributed by atoms with Gasteiger partial charge in [0, 0.05) is 16.8 Å². The summed E-state index contributed by atoms with van der Waals surface area (Å²) in [5, 5.41) is 9.46. The molecule has 0 aliphatic heterocycles. The van der Waals surface area contributed by atoms with Gasteiger partial charge in [-0.3, -0.25) is 4.57 Å². The van der Waals surface area contributed by atoms with Crippen molar-refractivity contribution in [2.75, 3.05) is 12.4 Å². The van der Waals surface area contributed by atoms with Gasteiger partial charge < -0.3 is 9.47 Å². The van der Waals surface area contributed by atoms with Crippen LogP contribution in [-0.4, -0.2) is 27.1 Å². The van der Waals surface area contributed by atoms with Gasteiger partial charge in [-0.2, -0.15) is 0 Å². The van der Waals surface area contributed by atoms with Crippen LogP contribution in [0.15, 0.2) is 70.8 Å². The molecule has 29 heavy (non-hydrogen) atoms. The highest BCUT2D eigenvalue weighted by Crippen LogP contribution is 2.20. The quantitative estimate of drug-likeness (QED) is 0.208. The molecule has 7 heteroatoms. The van der Waals surface area contributed by atoms with E-state index in [0.717, 1.165) is 39.1 Å². The molecule has 0 bridgehead atoms. The predicted octanol–water partition coefficient (Wildman–Crippen LogP) is 5.54. The fraction of sp³-hybridized carbons (Fsp3) is 0.273. The second-order valence-electron chi connectivity index (χ2n) is 6.24. The molecule has 0 saturated carbocycles. The molecule has 0 amide bonds. The van der Waals surface area contributed by atoms with Crippen molar-refractivity contribution in [2.45, 2.75) is 31.7 Å². The Labute approximate surface area is 184 Å². The van der Waals surface area contributed by atoms with Crippen LogP contribution in [0.3, 0.4) is 0 Å². The number of benzene rings is 2. The van der Waals surface area contributed by atoms with Crippen LogP contribution in [0.1, 0.15) is 18.3 Å². The first-order valence-electron chi connectivity index (χ1n) is 9.45. The number of hydrogen-bond acceptors (Lipinski definition) is 5. The molecule has 0 atom stereocenters. The summed E-state index contributed by atoms with van der Waals surface area (Å²) in [6.45, 7) is 7.56. The van der Waals surface area contributed by atoms with Gasteiger partial charge in [0.25, 0.3) is 0 Å². The Morgan fingerprint density at radius 2 is 1.72 bits per heavy atom. The molecule has 0 spiro atoms. The molecule has 1 heterocycles. The average Bonchev–Trinajstić information content (AvgIpc) is 3.13. The molecule has 3 rings (SSSR count). The maximum absolute atomic E-state index is 5.89. The molecule has 0 unspecified atom stereocenters. The second-order valence-corrected chi connectivity index (χ2v) is 8.21. The maximum atomic E-state index is 5.89. The highest BCUT2D eigenvalue weighted by molar-refractivity contribution is 9.10. The minimum atomic E-state index is 0.363. The molecule has 0 fully saturated rings. The third-order valence-corrected chi connectivity index (χ3v) is 5.66. The van der Waals surface area contributed by atoms with Gasteiger partial charge in [0.05, 0.1) is 6.61 Å². The highest BCUT2D eigenvalue weighted by Gasteiger charge is 2.12. The van der Waals surface area contributed by atoms with Gasteiger partial charge in [-0.05, 0) is 48.4 Å². The predicted molar refractivity (Wildman–Crippen MR) is 121 cm³/mol. The van der Waals surface area contributed by atoms with Crippen LogP contribution in [0.25, 0.3) is 0 Å². The van der Waals surface area contributed by atoms with E-state index < -0.39 is 0 Å². The first-order chi connectivity index (χ1) is 14.2. The molecule has 3 aromatic rings. The number of aryl methyl sites for hydroxylation is 1. The average molecular weight is 474 g/mol. The first-order valence-corrected chi connectivity index (χ1v) is 11.2. The molecule has 152 valence electrons. The molecule has 5 nitrogen and oxygen atoms in total. The lowest BCUT2D eigenvalue weighted by molar-refractivity contribution is 0.289. The number of allylic oxidation sites excluding steroid dienone is 1. The summed E-state index contributed by atoms with van der Waals surface area (Å²) in [5.41, 5.74) is 1.29. The minimum absolute atomic E-state index is 0.363. The molecule has 2 aromatic carbocycles. The van der Waals surface area contributed by atoms with Gasteiger partial charge in [0.15, 0.2) is 11.0 Å². The molecule has 0 aliphatic rings. The van der Waals surface area contributed by atoms with E-state index >= 15 is 0 Å². The van der Waals surface area contributed by atoms with Crippen LogP contribution >= 0.6 is 27.7 Å². The zero-order valence-electron chi connectivity index (χ0n) is 16.4. The molecule has 1 aromatic heterocycles. The van der Waals surface area contributed by atoms with Crippen molar-refractivity contribution < 1.29 is 9.47 Å². The van der Waals surface area contributed by atoms with Crippen molar-refractivity contribution in [3.05, 3.63) is 77.0 Å². The SMILES string of the molecule is C=CCn1c(COc2ccc(CC)cc2)nnc1SCCOc1ccc(Br)cc1. The van der Waals surface area contributed by atoms with E-state index in [1.54, 1.807) is 11.8 Å². The van der Waals surface area contributed by atoms with Crippen molar-refractivity contribution >= 4 is 27.7 Å². The Balaban J connectivity index is 1.54. The summed E-state index contributed by atoms with van der Waals surface area (Å²) >= 11 is 5.03. The van der Waals surface area contributed by atoms with Crippen molar-refractivity contribution in [1.29, 1.82) is 0 Å². The van der Waals surface area contributed by atoms with E-state index in [9.17, 15) is 0 Å². The van der Waals surface area contributed by atoms with E-state index in [0.29, 0.717) is 19.8 Å². The smallest absolute Gasteiger partial charge is 0.191 e. The van der Waals surface area contributed by atoms with E-state index in [1.807, 2.05) is 47.0 Å². The molecule has 0 saturated heterocycles. The number of hydrogen-bond donors (Lipinski definition) is 0. The number of ether oxygens (including phenoxy) is 2. The fourth-order valence-corrected chi connectivity index (χ4v) is 3.69. The number of nitrogens with zero attached hydrogens (tertiary/aromatic N) is 3. The van der Waals surface area contributed by atoms with Gasteiger partial charge in [-0.15, -0.1) is 16.8 Å². The van der Waals surface area contributed by atoms with Crippen LogP contribution in [-0.2, 0) is 19.6 Å². The lowest BCUT2D eigenvalue weighted by atomic mass is 10.2. The molecule has 0 radical (unpaired) electrons. The van der Waals surface area contributed by atoms with Gasteiger partial charge in [0.2, 0.25) is 0 Å². The largest absolute Gasteiger partial charge is 0.493 e. The van der Waals surface area contributed by atoms with Crippen molar-refractivity contribution in [3.8, 4) is 11.5 Å². The Kier molecular flexibility index (Phi) is 8.19. The zero-order chi connectivity index (χ0) is 20.5. The Morgan fingerprint density at radius 1 is 1.03 bits per heavy atom. The maximum Gasteiger partial charge on any atom is 0.191 e. The summed E-state index contributed by atoms with van der Waals surface area (Å²) in [6, 6.07) is 15.9. The Hall–Kier alpha value is -2.25. The molecular weight excluding hydrogens is 450 g/mol. The lowest BCUT2D eigenvalue weighted by Crippen LogP contribution is -2.08. The lowest BCUT2D eigenvalue weighted by Gasteiger charge is -2.10. The highest BCUT2D eigenvalue weighted by atomic mass is 79.9. The number of thioether (sulfide) groups is 1. The molecular formula is C22H24BrN3O2S. The van der Waals surface area contributed by atoms with Gasteiger partial charge in [0.1, 0.15) is 18.1 Å². The normalized spacial score (nSPS) is 10.7. The van der Waals surface area contributed by atoms with Crippen LogP contribution in [0, 0.1) is 0 Å². The number of aromatic nitrogens is 3. The van der Waals surface area contributed by atoms with Crippen molar-refractivity contribution in [1.82, 2.24) is 14.8 Å². The summed E-state index contributed by atoms with van der Waals surface area (Å²) in [4.78, 5) is 0. The van der Waals surface area contributed by atoms with Crippen LogP contribution in [0.2, 0.25) is 0 Å². The van der Waals surface area contributed by atoms with Crippen LogP contribution < -0.4 is 9.47 Å². The zero-order valence-corrected chi connectivity index (χ0v) is 18.8. The first kappa shape index (κ1) is 21.5. The summed E-state index contributed by atoms with van der Waals surface area (Å²) in [7, 11) is 0. The van der Waals surface area contributed by atoms with E-state index in [2.05, 4.69) is 51.8 Å². The Morgan fingerprint density at radius 3 is 2.41 bits per heavy atom. The van der Waals surface area contributed by atoms with Crippen molar-refractivity contribution in [2.24, 2.45) is 0 Å². The van der Waals surface area contributed by atoms with E-state index in [-0.39, 0.29) is 0 Å². The van der Waals surface area contributed by atoms with Crippen LogP contribution in [0.5, 0.6) is 11.5 Å². The third-order valence-electron chi connectivity index (χ3n) is 4.20. The number of rotatable bonds is 11. The minimum Gasteiger partial charge on any atom is -0.493 e. The Bertz CT molecular complexity index is 911. The number of halogens is 1. The third kappa shape index (κ3) is 6.37. The van der Waals surface area contributed by atoms with Crippen molar-refractivity contribution in [3.63, 3.8) is 0 Å². The van der Waals surface area contributed by atoms with Crippen LogP contribution in [0.4, 0.5) is 0 Å². The second kappa shape index (κ2) is 11.1. The van der Waals surface area contributed by atoms with E-state index in [4.69, 9.17) is 9.47 Å². The topological polar surface area (TPSA) is 49.2 Å². The summed E-state index contributed by atoms with van der Waals surface area (Å²) < 4.78 is 14.7. The van der Waals surface area contributed by atoms with Gasteiger partial charge >= 0.3 is 0 Å². The summed E-state index contributed by atoms with van der Waals surface area (Å²) in [6.07, 6.45) is 2.85. The fourth-order valence-electron chi connectivity index (χ4n) is 2.64. The monoisotopic (exact) mass is 473 g/mol. The van der Waals surface area contributed by atoms with E-state index in [1.165, 1.54) is 5.56 Å². The molecule has 0 N–H and O–H groups in total. The standard InChI is InChI=1S/C22H24BrN3O2S/c1-3-13-26-21(16-28-20-9-5-17(4-2)6-10-20)24-25-22(26)29-15-14-27-19-11-7-18(23)8-12-19/h3,5-12H,1,4,13-16H2,2H3.